The summed E-state index contributed by atoms with van der Waals surface area (Å²) >= 11 is 7.26. The van der Waals surface area contributed by atoms with E-state index in [0.717, 1.165) is 17.0 Å². The van der Waals surface area contributed by atoms with E-state index in [0.29, 0.717) is 22.6 Å². The minimum Gasteiger partial charge on any atom is -0.322 e. The summed E-state index contributed by atoms with van der Waals surface area (Å²) in [6.45, 7) is 0. The lowest BCUT2D eigenvalue weighted by atomic mass is 10.1. The maximum Gasteiger partial charge on any atom is 0.261 e. The van der Waals surface area contributed by atoms with Gasteiger partial charge in [-0.05, 0) is 41.9 Å². The minimum atomic E-state index is -0.930. The second-order valence-corrected chi connectivity index (χ2v) is 7.07. The van der Waals surface area contributed by atoms with Crippen LogP contribution in [0.25, 0.3) is 21.8 Å². The molecule has 0 spiro atoms. The molecule has 0 unspecified atom stereocenters. The molecule has 1 amide bonds. The maximum atomic E-state index is 13.8. The van der Waals surface area contributed by atoms with Crippen molar-refractivity contribution in [3.8, 4) is 21.8 Å². The van der Waals surface area contributed by atoms with E-state index in [-0.39, 0.29) is 5.28 Å². The number of aromatic nitrogens is 3. The van der Waals surface area contributed by atoms with Gasteiger partial charge in [-0.2, -0.15) is 0 Å². The number of hydrogen-bond donors (Lipinski definition) is 1. The van der Waals surface area contributed by atoms with E-state index in [4.69, 9.17) is 11.6 Å². The number of amides is 1. The molecular formula is C20H11ClF2N4OS. The number of hydrogen-bond acceptors (Lipinski definition) is 5. The standard InChI is InChI=1S/C20H11ClF2N4OS/c21-20-24-8-7-15(27-20)18-17(25-10-29-18)11-3-1-4-12(9-11)26-19(28)16-13(22)5-2-6-14(16)23/h1-10H,(H,26,28). The van der Waals surface area contributed by atoms with E-state index >= 15 is 0 Å². The third-order valence-electron chi connectivity index (χ3n) is 4.01. The van der Waals surface area contributed by atoms with E-state index in [1.165, 1.54) is 17.4 Å². The average Bonchev–Trinajstić information content (AvgIpc) is 3.18. The van der Waals surface area contributed by atoms with Crippen LogP contribution in [0.4, 0.5) is 14.5 Å². The molecule has 4 aromatic rings. The van der Waals surface area contributed by atoms with Crippen LogP contribution in [-0.2, 0) is 0 Å². The Balaban J connectivity index is 1.66. The first-order chi connectivity index (χ1) is 14.0. The van der Waals surface area contributed by atoms with Crippen molar-refractivity contribution in [1.82, 2.24) is 15.0 Å². The summed E-state index contributed by atoms with van der Waals surface area (Å²) < 4.78 is 27.7. The van der Waals surface area contributed by atoms with Crippen molar-refractivity contribution in [2.75, 3.05) is 5.32 Å². The lowest BCUT2D eigenvalue weighted by Crippen LogP contribution is -2.15. The Morgan fingerprint density at radius 3 is 2.55 bits per heavy atom. The Bertz CT molecular complexity index is 1190. The summed E-state index contributed by atoms with van der Waals surface area (Å²) in [6.07, 6.45) is 1.55. The number of anilines is 1. The topological polar surface area (TPSA) is 67.8 Å². The Labute approximate surface area is 173 Å². The third-order valence-corrected chi connectivity index (χ3v) is 5.04. The molecule has 0 radical (unpaired) electrons. The molecule has 5 nitrogen and oxygen atoms in total. The second kappa shape index (κ2) is 8.02. The van der Waals surface area contributed by atoms with Crippen molar-refractivity contribution < 1.29 is 13.6 Å². The van der Waals surface area contributed by atoms with E-state index in [2.05, 4.69) is 20.3 Å². The van der Waals surface area contributed by atoms with Crippen molar-refractivity contribution in [3.05, 3.63) is 82.7 Å². The van der Waals surface area contributed by atoms with Crippen LogP contribution in [0.1, 0.15) is 10.4 Å². The van der Waals surface area contributed by atoms with Gasteiger partial charge in [-0.1, -0.05) is 18.2 Å². The maximum absolute atomic E-state index is 13.8. The number of halogens is 3. The zero-order valence-electron chi connectivity index (χ0n) is 14.6. The van der Waals surface area contributed by atoms with Crippen LogP contribution < -0.4 is 5.32 Å². The molecule has 2 heterocycles. The molecule has 0 aliphatic carbocycles. The Hall–Kier alpha value is -3.23. The lowest BCUT2D eigenvalue weighted by molar-refractivity contribution is 0.101. The predicted molar refractivity (Wildman–Crippen MR) is 108 cm³/mol. The third kappa shape index (κ3) is 3.98. The molecule has 1 N–H and O–H groups in total. The van der Waals surface area contributed by atoms with E-state index in [9.17, 15) is 13.6 Å². The number of carbonyl (C=O) groups is 1. The fraction of sp³-hybridized carbons (Fsp3) is 0. The molecule has 9 heteroatoms. The van der Waals surface area contributed by atoms with Crippen molar-refractivity contribution in [3.63, 3.8) is 0 Å². The van der Waals surface area contributed by atoms with Crippen molar-refractivity contribution in [2.24, 2.45) is 0 Å². The summed E-state index contributed by atoms with van der Waals surface area (Å²) in [5.41, 5.74) is 3.35. The van der Waals surface area contributed by atoms with Crippen LogP contribution in [0.15, 0.2) is 60.2 Å². The largest absolute Gasteiger partial charge is 0.322 e. The molecule has 29 heavy (non-hydrogen) atoms. The number of carbonyl (C=O) groups excluding carboxylic acids is 1. The fourth-order valence-corrected chi connectivity index (χ4v) is 3.67. The molecule has 4 rings (SSSR count). The molecule has 0 aliphatic heterocycles. The molecular weight excluding hydrogens is 418 g/mol. The highest BCUT2D eigenvalue weighted by Gasteiger charge is 2.18. The lowest BCUT2D eigenvalue weighted by Gasteiger charge is -2.09. The fourth-order valence-electron chi connectivity index (χ4n) is 2.75. The van der Waals surface area contributed by atoms with Gasteiger partial charge >= 0.3 is 0 Å². The highest BCUT2D eigenvalue weighted by Crippen LogP contribution is 2.34. The number of nitrogens with zero attached hydrogens (tertiary/aromatic N) is 3. The van der Waals surface area contributed by atoms with Gasteiger partial charge in [0.25, 0.3) is 5.91 Å². The zero-order chi connectivity index (χ0) is 20.4. The van der Waals surface area contributed by atoms with Gasteiger partial charge in [0.15, 0.2) is 0 Å². The van der Waals surface area contributed by atoms with Crippen LogP contribution in [0.3, 0.4) is 0 Å². The molecule has 0 fully saturated rings. The first-order valence-electron chi connectivity index (χ1n) is 8.31. The Morgan fingerprint density at radius 1 is 1.03 bits per heavy atom. The molecule has 0 aliphatic rings. The van der Waals surface area contributed by atoms with Crippen LogP contribution in [0, 0.1) is 11.6 Å². The quantitative estimate of drug-likeness (QED) is 0.439. The molecule has 144 valence electrons. The molecule has 0 saturated carbocycles. The van der Waals surface area contributed by atoms with Crippen LogP contribution in [0.5, 0.6) is 0 Å². The second-order valence-electron chi connectivity index (χ2n) is 5.87. The van der Waals surface area contributed by atoms with Crippen molar-refractivity contribution >= 4 is 34.5 Å². The average molecular weight is 429 g/mol. The Kier molecular flexibility index (Phi) is 5.28. The molecule has 0 saturated heterocycles. The number of benzene rings is 2. The monoisotopic (exact) mass is 428 g/mol. The molecule has 0 atom stereocenters. The minimum absolute atomic E-state index is 0.120. The van der Waals surface area contributed by atoms with Gasteiger partial charge in [0.2, 0.25) is 5.28 Å². The van der Waals surface area contributed by atoms with Gasteiger partial charge in [-0.3, -0.25) is 4.79 Å². The van der Waals surface area contributed by atoms with Gasteiger partial charge in [0, 0.05) is 17.4 Å². The predicted octanol–water partition coefficient (Wildman–Crippen LogP) is 5.45. The van der Waals surface area contributed by atoms with Gasteiger partial charge < -0.3 is 5.32 Å². The highest BCUT2D eigenvalue weighted by atomic mass is 35.5. The smallest absolute Gasteiger partial charge is 0.261 e. The number of rotatable bonds is 4. The van der Waals surface area contributed by atoms with E-state index in [1.807, 2.05) is 0 Å². The SMILES string of the molecule is O=C(Nc1cccc(-c2ncsc2-c2ccnc(Cl)n2)c1)c1c(F)cccc1F. The van der Waals surface area contributed by atoms with Crippen molar-refractivity contribution in [2.45, 2.75) is 0 Å². The number of nitrogens with one attached hydrogen (secondary N) is 1. The van der Waals surface area contributed by atoms with E-state index in [1.54, 1.807) is 42.0 Å². The van der Waals surface area contributed by atoms with E-state index < -0.39 is 23.1 Å². The molecule has 2 aromatic heterocycles. The van der Waals surface area contributed by atoms with Gasteiger partial charge in [0.1, 0.15) is 17.2 Å². The van der Waals surface area contributed by atoms with Crippen LogP contribution >= 0.6 is 22.9 Å². The molecule has 2 aromatic carbocycles. The summed E-state index contributed by atoms with van der Waals surface area (Å²) in [5, 5.41) is 2.64. The van der Waals surface area contributed by atoms with Gasteiger partial charge in [0.05, 0.1) is 21.8 Å². The normalized spacial score (nSPS) is 10.7. The summed E-state index contributed by atoms with van der Waals surface area (Å²) in [4.78, 5) is 25.6. The van der Waals surface area contributed by atoms with Crippen LogP contribution in [-0.4, -0.2) is 20.9 Å². The first-order valence-corrected chi connectivity index (χ1v) is 9.57. The number of thiazole rings is 1. The summed E-state index contributed by atoms with van der Waals surface area (Å²) in [5.74, 6) is -2.74. The highest BCUT2D eigenvalue weighted by molar-refractivity contribution is 7.13. The Morgan fingerprint density at radius 2 is 1.79 bits per heavy atom. The first kappa shape index (κ1) is 19.1. The summed E-state index contributed by atoms with van der Waals surface area (Å²) in [6, 6.07) is 11.8. The molecule has 0 bridgehead atoms. The van der Waals surface area contributed by atoms with Crippen LogP contribution in [0.2, 0.25) is 5.28 Å². The van der Waals surface area contributed by atoms with Gasteiger partial charge in [-0.25, -0.2) is 23.7 Å². The summed E-state index contributed by atoms with van der Waals surface area (Å²) in [7, 11) is 0. The van der Waals surface area contributed by atoms with Crippen molar-refractivity contribution in [1.29, 1.82) is 0 Å². The van der Waals surface area contributed by atoms with Gasteiger partial charge in [-0.15, -0.1) is 11.3 Å². The zero-order valence-corrected chi connectivity index (χ0v) is 16.1.